The Kier molecular flexibility index (Phi) is 10.6. The lowest BCUT2D eigenvalue weighted by Gasteiger charge is -2.62. The van der Waals surface area contributed by atoms with Crippen molar-refractivity contribution in [3.05, 3.63) is 0 Å². The van der Waals surface area contributed by atoms with Gasteiger partial charge in [0.15, 0.2) is 0 Å². The molecule has 246 valence electrons. The van der Waals surface area contributed by atoms with Crippen LogP contribution in [0.3, 0.4) is 0 Å². The molecule has 0 aromatic rings. The van der Waals surface area contributed by atoms with Gasteiger partial charge in [-0.1, -0.05) is 43.1 Å². The summed E-state index contributed by atoms with van der Waals surface area (Å²) in [6, 6.07) is -0.468. The number of carbonyl (C=O) groups excluding carboxylic acids is 2. The fourth-order valence-electron chi connectivity index (χ4n) is 10.2. The number of halogens is 1. The van der Waals surface area contributed by atoms with Crippen molar-refractivity contribution < 1.29 is 24.3 Å². The topological polar surface area (TPSA) is 126 Å². The van der Waals surface area contributed by atoms with Crippen LogP contribution >= 0.6 is 15.9 Å². The molecule has 2 amide bonds. The van der Waals surface area contributed by atoms with Crippen molar-refractivity contribution in [2.75, 3.05) is 27.2 Å². The number of nitrogens with zero attached hydrogens (tertiary/aromatic N) is 1. The molecule has 1 saturated heterocycles. The van der Waals surface area contributed by atoms with Crippen LogP contribution in [-0.2, 0) is 19.2 Å². The first-order valence-electron chi connectivity index (χ1n) is 16.9. The molecule has 6 rings (SSSR count). The number of methoxy groups -OCH3 is 1. The van der Waals surface area contributed by atoms with E-state index in [1.807, 2.05) is 5.06 Å². The van der Waals surface area contributed by atoms with Crippen molar-refractivity contribution >= 4 is 27.7 Å². The van der Waals surface area contributed by atoms with Crippen molar-refractivity contribution in [1.82, 2.24) is 15.7 Å². The van der Waals surface area contributed by atoms with Gasteiger partial charge in [0.1, 0.15) is 6.04 Å². The molecule has 6 aliphatic rings. The van der Waals surface area contributed by atoms with Crippen LogP contribution in [-0.4, -0.2) is 84.5 Å². The Morgan fingerprint density at radius 3 is 2.51 bits per heavy atom. The molecule has 1 heterocycles. The number of hydroxylamine groups is 2. The van der Waals surface area contributed by atoms with E-state index in [1.165, 1.54) is 6.42 Å². The van der Waals surface area contributed by atoms with Crippen molar-refractivity contribution in [3.63, 3.8) is 0 Å². The Hall–Kier alpha value is -0.780. The maximum absolute atomic E-state index is 14.1. The Morgan fingerprint density at radius 1 is 1.16 bits per heavy atom. The first-order chi connectivity index (χ1) is 20.4. The monoisotopic (exact) mass is 668 g/mol. The van der Waals surface area contributed by atoms with E-state index in [2.05, 4.69) is 47.3 Å². The van der Waals surface area contributed by atoms with Gasteiger partial charge in [-0.3, -0.25) is 14.4 Å². The van der Waals surface area contributed by atoms with E-state index in [1.54, 1.807) is 21.1 Å². The fraction of sp³-hybridized carbons (Fsp3) is 0.939. The highest BCUT2D eigenvalue weighted by atomic mass is 79.9. The predicted octanol–water partition coefficient (Wildman–Crippen LogP) is 3.47. The van der Waals surface area contributed by atoms with Crippen molar-refractivity contribution in [1.29, 1.82) is 0 Å². The number of rotatable bonds is 9. The Balaban J connectivity index is 1.32. The van der Waals surface area contributed by atoms with Crippen LogP contribution in [0.5, 0.6) is 0 Å². The summed E-state index contributed by atoms with van der Waals surface area (Å²) in [4.78, 5) is 33.5. The summed E-state index contributed by atoms with van der Waals surface area (Å²) in [5.41, 5.74) is 6.50. The molecule has 1 aliphatic heterocycles. The van der Waals surface area contributed by atoms with Gasteiger partial charge in [0.05, 0.1) is 18.3 Å². The molecular weight excluding hydrogens is 612 g/mol. The number of aliphatic hydroxyl groups is 1. The van der Waals surface area contributed by atoms with E-state index in [0.29, 0.717) is 46.4 Å². The molecular formula is C33H57BrN4O5. The van der Waals surface area contributed by atoms with Gasteiger partial charge in [-0.2, -0.15) is 5.06 Å². The number of aliphatic hydroxyl groups excluding tert-OH is 1. The summed E-state index contributed by atoms with van der Waals surface area (Å²) in [6.07, 6.45) is 7.02. The average Bonchev–Trinajstić information content (AvgIpc) is 3.35. The molecule has 10 heteroatoms. The second-order valence-corrected chi connectivity index (χ2v) is 16.5. The summed E-state index contributed by atoms with van der Waals surface area (Å²) < 4.78 is 6.26. The number of fused-ring (bicyclic) bond motifs is 2. The number of nitrogens with two attached hydrogens (primary N) is 1. The van der Waals surface area contributed by atoms with E-state index >= 15 is 0 Å². The fourth-order valence-corrected chi connectivity index (χ4v) is 11.1. The standard InChI is InChI=1S/C33H57BrN4O5/c1-17-25-13-22(33(25,3)4)14-26(17)37-32(41)29-28(18(2)39)27(15-35)43-38(29)16-19-8-7-9-24(30(19)42-6)20-10-21(31(40)36-5)12-23(34)11-20/h17-30,39H,7-16,35H2,1-6H3,(H,36,40)(H,37,41)/t17-,18?,19?,20?,21?,22+,23?,24?,25-,26-,27-,28?,29-,30?/m0/s1. The average molecular weight is 670 g/mol. The molecule has 5 aliphatic carbocycles. The number of alkyl halides is 1. The molecule has 0 aromatic carbocycles. The SMILES string of the molecule is CNC(=O)C1CC(Br)CC(C2CCCC(CN3O[C@@H](CN)C(C(C)O)[C@H]3C(=O)N[C@H]3C[C@H]4C[C@@H]([C@@H]3C)C4(C)C)C2OC)C1. The van der Waals surface area contributed by atoms with Gasteiger partial charge in [-0.25, -0.2) is 0 Å². The minimum absolute atomic E-state index is 0.00355. The smallest absolute Gasteiger partial charge is 0.240 e. The molecule has 0 radical (unpaired) electrons. The first kappa shape index (κ1) is 33.6. The lowest BCUT2D eigenvalue weighted by atomic mass is 9.45. The highest BCUT2D eigenvalue weighted by molar-refractivity contribution is 9.09. The van der Waals surface area contributed by atoms with Crippen LogP contribution in [0.15, 0.2) is 0 Å². The zero-order chi connectivity index (χ0) is 31.2. The molecule has 0 aromatic heterocycles. The maximum Gasteiger partial charge on any atom is 0.240 e. The molecule has 6 fully saturated rings. The molecule has 2 bridgehead atoms. The second kappa shape index (κ2) is 13.5. The third-order valence-corrected chi connectivity index (χ3v) is 13.5. The van der Waals surface area contributed by atoms with Crippen molar-refractivity contribution in [3.8, 4) is 0 Å². The normalized spacial score (nSPS) is 45.2. The van der Waals surface area contributed by atoms with E-state index in [9.17, 15) is 14.7 Å². The molecule has 9 nitrogen and oxygen atoms in total. The van der Waals surface area contributed by atoms with Crippen LogP contribution in [0.4, 0.5) is 0 Å². The van der Waals surface area contributed by atoms with E-state index in [4.69, 9.17) is 15.3 Å². The third-order valence-electron chi connectivity index (χ3n) is 12.7. The van der Waals surface area contributed by atoms with E-state index < -0.39 is 24.2 Å². The highest BCUT2D eigenvalue weighted by Gasteiger charge is 2.57. The lowest BCUT2D eigenvalue weighted by molar-refractivity contribution is -0.186. The predicted molar refractivity (Wildman–Crippen MR) is 170 cm³/mol. The van der Waals surface area contributed by atoms with Crippen molar-refractivity contribution in [2.45, 2.75) is 114 Å². The Labute approximate surface area is 267 Å². The van der Waals surface area contributed by atoms with Crippen molar-refractivity contribution in [2.24, 2.45) is 58.5 Å². The van der Waals surface area contributed by atoms with Crippen LogP contribution in [0.1, 0.15) is 79.1 Å². The number of carbonyl (C=O) groups is 2. The lowest BCUT2D eigenvalue weighted by Crippen LogP contribution is -2.62. The van der Waals surface area contributed by atoms with Crippen LogP contribution in [0, 0.1) is 52.8 Å². The van der Waals surface area contributed by atoms with E-state index in [0.717, 1.165) is 44.9 Å². The van der Waals surface area contributed by atoms with Gasteiger partial charge in [-0.15, -0.1) is 0 Å². The number of hydrogen-bond donors (Lipinski definition) is 4. The number of nitrogens with one attached hydrogen (secondary N) is 2. The van der Waals surface area contributed by atoms with Crippen LogP contribution in [0.2, 0.25) is 0 Å². The van der Waals surface area contributed by atoms with Gasteiger partial charge in [0.2, 0.25) is 11.8 Å². The van der Waals surface area contributed by atoms with Gasteiger partial charge in [-0.05, 0) is 86.9 Å². The van der Waals surface area contributed by atoms with Crippen LogP contribution < -0.4 is 16.4 Å². The largest absolute Gasteiger partial charge is 0.393 e. The molecule has 5 saturated carbocycles. The molecule has 14 atom stereocenters. The molecule has 43 heavy (non-hydrogen) atoms. The molecule has 0 spiro atoms. The molecule has 8 unspecified atom stereocenters. The minimum atomic E-state index is -0.734. The first-order valence-corrected chi connectivity index (χ1v) is 17.8. The zero-order valence-corrected chi connectivity index (χ0v) is 28.7. The highest BCUT2D eigenvalue weighted by Crippen LogP contribution is 2.61. The second-order valence-electron chi connectivity index (χ2n) is 15.2. The summed E-state index contributed by atoms with van der Waals surface area (Å²) >= 11 is 3.85. The Morgan fingerprint density at radius 2 is 1.91 bits per heavy atom. The quantitative estimate of drug-likeness (QED) is 0.277. The summed E-state index contributed by atoms with van der Waals surface area (Å²) in [6.45, 7) is 9.57. The van der Waals surface area contributed by atoms with Gasteiger partial charge >= 0.3 is 0 Å². The number of ether oxygens (including phenoxy) is 1. The van der Waals surface area contributed by atoms with Gasteiger partial charge in [0, 0.05) is 55.9 Å². The maximum atomic E-state index is 14.1. The van der Waals surface area contributed by atoms with Gasteiger partial charge < -0.3 is 26.2 Å². The number of hydrogen-bond acceptors (Lipinski definition) is 7. The number of amides is 2. The molecule has 5 N–H and O–H groups in total. The Bertz CT molecular complexity index is 998. The van der Waals surface area contributed by atoms with Crippen LogP contribution in [0.25, 0.3) is 0 Å². The van der Waals surface area contributed by atoms with Gasteiger partial charge in [0.25, 0.3) is 0 Å². The zero-order valence-electron chi connectivity index (χ0n) is 27.1. The third kappa shape index (κ3) is 6.44. The summed E-state index contributed by atoms with van der Waals surface area (Å²) in [5.74, 6) is 2.25. The summed E-state index contributed by atoms with van der Waals surface area (Å²) in [5, 5.41) is 19.0. The minimum Gasteiger partial charge on any atom is -0.393 e. The van der Waals surface area contributed by atoms with E-state index in [-0.39, 0.29) is 42.3 Å². The summed E-state index contributed by atoms with van der Waals surface area (Å²) in [7, 11) is 3.52.